The number of sulfonamides is 2. The van der Waals surface area contributed by atoms with Gasteiger partial charge >= 0.3 is 0 Å². The van der Waals surface area contributed by atoms with Crippen molar-refractivity contribution in [1.29, 1.82) is 0 Å². The first-order valence-electron chi connectivity index (χ1n) is 8.48. The van der Waals surface area contributed by atoms with Gasteiger partial charge in [-0.1, -0.05) is 0 Å². The number of hydrogen-bond acceptors (Lipinski definition) is 6. The molecule has 2 aromatic rings. The average molecular weight is 415 g/mol. The second-order valence-corrected chi connectivity index (χ2v) is 10.4. The summed E-state index contributed by atoms with van der Waals surface area (Å²) in [4.78, 5) is -0.0177. The number of furan rings is 1. The predicted molar refractivity (Wildman–Crippen MR) is 100 cm³/mol. The summed E-state index contributed by atoms with van der Waals surface area (Å²) in [6.45, 7) is 1.56. The van der Waals surface area contributed by atoms with E-state index in [4.69, 9.17) is 4.42 Å². The zero-order chi connectivity index (χ0) is 19.7. The molecule has 1 aromatic heterocycles. The third kappa shape index (κ3) is 4.34. The molecule has 0 spiro atoms. The minimum absolute atomic E-state index is 0.0177. The topological polar surface area (TPSA) is 117 Å². The highest BCUT2D eigenvalue weighted by molar-refractivity contribution is 7.92. The van der Waals surface area contributed by atoms with Crippen molar-refractivity contribution in [2.24, 2.45) is 0 Å². The molecule has 10 heteroatoms. The monoisotopic (exact) mass is 414 g/mol. The molecule has 8 nitrogen and oxygen atoms in total. The highest BCUT2D eigenvalue weighted by Gasteiger charge is 2.29. The maximum absolute atomic E-state index is 12.5. The van der Waals surface area contributed by atoms with E-state index in [1.165, 1.54) is 41.8 Å². The number of rotatable bonds is 6. The van der Waals surface area contributed by atoms with Crippen LogP contribution in [0.2, 0.25) is 0 Å². The van der Waals surface area contributed by atoms with E-state index in [1.807, 2.05) is 0 Å². The fraction of sp³-hybridized carbons (Fsp3) is 0.412. The lowest BCUT2D eigenvalue weighted by atomic mass is 10.1. The van der Waals surface area contributed by atoms with Gasteiger partial charge in [0, 0.05) is 13.1 Å². The summed E-state index contributed by atoms with van der Waals surface area (Å²) in [5.74, 6) is 0.340. The molecule has 0 radical (unpaired) electrons. The first-order valence-corrected chi connectivity index (χ1v) is 11.6. The first-order chi connectivity index (χ1) is 12.6. The van der Waals surface area contributed by atoms with Gasteiger partial charge in [-0.2, -0.15) is 0 Å². The van der Waals surface area contributed by atoms with Gasteiger partial charge in [0.1, 0.15) is 11.4 Å². The maximum Gasteiger partial charge on any atom is 0.240 e. The van der Waals surface area contributed by atoms with Gasteiger partial charge < -0.3 is 9.52 Å². The summed E-state index contributed by atoms with van der Waals surface area (Å²) in [6.07, 6.45) is 2.79. The van der Waals surface area contributed by atoms with Crippen molar-refractivity contribution in [2.45, 2.75) is 30.3 Å². The number of anilines is 1. The molecule has 1 aliphatic heterocycles. The van der Waals surface area contributed by atoms with Gasteiger partial charge in [0.2, 0.25) is 20.0 Å². The van der Waals surface area contributed by atoms with E-state index in [9.17, 15) is 21.9 Å². The molecule has 1 fully saturated rings. The standard InChI is InChI=1S/C17H22N2O6S2/c1-17(20,16-5-4-11-25-16)13-18-27(23,24)15-8-6-14(7-9-15)19-10-2-3-12-26(19,21)22/h4-9,11,18,20H,2-3,10,12-13H2,1H3. The Balaban J connectivity index is 1.74. The van der Waals surface area contributed by atoms with Crippen molar-refractivity contribution in [3.8, 4) is 0 Å². The molecule has 1 aromatic carbocycles. The van der Waals surface area contributed by atoms with Crippen LogP contribution in [0.15, 0.2) is 52.0 Å². The summed E-state index contributed by atoms with van der Waals surface area (Å²) in [5, 5.41) is 10.4. The van der Waals surface area contributed by atoms with Crippen LogP contribution in [-0.2, 0) is 25.6 Å². The van der Waals surface area contributed by atoms with Crippen LogP contribution in [0, 0.1) is 0 Å². The molecule has 1 aliphatic rings. The van der Waals surface area contributed by atoms with Crippen molar-refractivity contribution in [1.82, 2.24) is 4.72 Å². The van der Waals surface area contributed by atoms with Gasteiger partial charge in [-0.15, -0.1) is 0 Å². The van der Waals surface area contributed by atoms with Gasteiger partial charge in [0.05, 0.1) is 22.6 Å². The predicted octanol–water partition coefficient (Wildman–Crippen LogP) is 1.40. The van der Waals surface area contributed by atoms with E-state index in [0.717, 1.165) is 6.42 Å². The van der Waals surface area contributed by atoms with Gasteiger partial charge in [0.15, 0.2) is 0 Å². The quantitative estimate of drug-likeness (QED) is 0.738. The van der Waals surface area contributed by atoms with Crippen LogP contribution >= 0.6 is 0 Å². The normalized spacial score (nSPS) is 19.6. The molecule has 2 heterocycles. The summed E-state index contributed by atoms with van der Waals surface area (Å²) < 4.78 is 58.0. The van der Waals surface area contributed by atoms with E-state index in [2.05, 4.69) is 4.72 Å². The van der Waals surface area contributed by atoms with Crippen LogP contribution in [0.5, 0.6) is 0 Å². The summed E-state index contributed by atoms with van der Waals surface area (Å²) >= 11 is 0. The van der Waals surface area contributed by atoms with Crippen LogP contribution in [0.25, 0.3) is 0 Å². The Morgan fingerprint density at radius 3 is 2.52 bits per heavy atom. The molecule has 1 atom stereocenters. The van der Waals surface area contributed by atoms with E-state index >= 15 is 0 Å². The fourth-order valence-corrected chi connectivity index (χ4v) is 5.63. The lowest BCUT2D eigenvalue weighted by Gasteiger charge is -2.28. The smallest absolute Gasteiger partial charge is 0.240 e. The highest BCUT2D eigenvalue weighted by atomic mass is 32.2. The highest BCUT2D eigenvalue weighted by Crippen LogP contribution is 2.25. The fourth-order valence-electron chi connectivity index (χ4n) is 2.86. The molecule has 0 amide bonds. The summed E-state index contributed by atoms with van der Waals surface area (Å²) in [6, 6.07) is 8.81. The number of benzene rings is 1. The number of hydrogen-bond donors (Lipinski definition) is 2. The molecule has 1 unspecified atom stereocenters. The van der Waals surface area contributed by atoms with Crippen LogP contribution in [-0.4, -0.2) is 40.8 Å². The van der Waals surface area contributed by atoms with Gasteiger partial charge in [-0.25, -0.2) is 21.6 Å². The minimum atomic E-state index is -3.88. The molecule has 1 saturated heterocycles. The lowest BCUT2D eigenvalue weighted by molar-refractivity contribution is 0.0395. The third-order valence-corrected chi connectivity index (χ3v) is 7.73. The van der Waals surface area contributed by atoms with Crippen LogP contribution < -0.4 is 9.03 Å². The Morgan fingerprint density at radius 2 is 1.93 bits per heavy atom. The average Bonchev–Trinajstić information content (AvgIpc) is 3.16. The molecule has 0 aliphatic carbocycles. The van der Waals surface area contributed by atoms with Gasteiger partial charge in [-0.05, 0) is 56.2 Å². The third-order valence-electron chi connectivity index (χ3n) is 4.44. The summed E-state index contributed by atoms with van der Waals surface area (Å²) in [5.41, 5.74) is -1.06. The minimum Gasteiger partial charge on any atom is -0.466 e. The van der Waals surface area contributed by atoms with Gasteiger partial charge in [-0.3, -0.25) is 4.31 Å². The number of aliphatic hydroxyl groups is 1. The van der Waals surface area contributed by atoms with Crippen molar-refractivity contribution in [2.75, 3.05) is 23.1 Å². The number of nitrogens with one attached hydrogen (secondary N) is 1. The van der Waals surface area contributed by atoms with Gasteiger partial charge in [0.25, 0.3) is 0 Å². The van der Waals surface area contributed by atoms with E-state index in [1.54, 1.807) is 12.1 Å². The molecule has 27 heavy (non-hydrogen) atoms. The molecular formula is C17H22N2O6S2. The zero-order valence-corrected chi connectivity index (χ0v) is 16.5. The first kappa shape index (κ1) is 19.9. The Bertz CT molecular complexity index is 981. The van der Waals surface area contributed by atoms with E-state index in [0.29, 0.717) is 18.7 Å². The number of nitrogens with zero attached hydrogens (tertiary/aromatic N) is 1. The molecular weight excluding hydrogens is 392 g/mol. The van der Waals surface area contributed by atoms with Crippen LogP contribution in [0.1, 0.15) is 25.5 Å². The molecule has 3 rings (SSSR count). The Morgan fingerprint density at radius 1 is 1.22 bits per heavy atom. The second kappa shape index (κ2) is 7.27. The Hall–Kier alpha value is -1.88. The van der Waals surface area contributed by atoms with Crippen molar-refractivity contribution >= 4 is 25.7 Å². The Kier molecular flexibility index (Phi) is 5.35. The van der Waals surface area contributed by atoms with Crippen molar-refractivity contribution in [3.05, 3.63) is 48.4 Å². The van der Waals surface area contributed by atoms with Crippen LogP contribution in [0.3, 0.4) is 0 Å². The van der Waals surface area contributed by atoms with Crippen molar-refractivity contribution < 1.29 is 26.4 Å². The molecule has 2 N–H and O–H groups in total. The molecule has 0 bridgehead atoms. The maximum atomic E-state index is 12.5. The van der Waals surface area contributed by atoms with E-state index in [-0.39, 0.29) is 23.0 Å². The summed E-state index contributed by atoms with van der Waals surface area (Å²) in [7, 11) is -7.24. The molecule has 148 valence electrons. The second-order valence-electron chi connectivity index (χ2n) is 6.66. The SMILES string of the molecule is CC(O)(CNS(=O)(=O)c1ccc(N2CCCCS2(=O)=O)cc1)c1ccco1. The Labute approximate surface area is 158 Å². The van der Waals surface area contributed by atoms with E-state index < -0.39 is 25.6 Å². The lowest BCUT2D eigenvalue weighted by Crippen LogP contribution is -2.38. The van der Waals surface area contributed by atoms with Crippen LogP contribution in [0.4, 0.5) is 5.69 Å². The zero-order valence-electron chi connectivity index (χ0n) is 14.8. The van der Waals surface area contributed by atoms with Crippen molar-refractivity contribution in [3.63, 3.8) is 0 Å². The largest absolute Gasteiger partial charge is 0.466 e. The molecule has 0 saturated carbocycles.